The van der Waals surface area contributed by atoms with Gasteiger partial charge >= 0.3 is 0 Å². The van der Waals surface area contributed by atoms with Gasteiger partial charge in [0.2, 0.25) is 0 Å². The molecule has 0 unspecified atom stereocenters. The Morgan fingerprint density at radius 2 is 1.92 bits per heavy atom. The number of pyridine rings is 1. The maximum absolute atomic E-state index is 12.8. The minimum atomic E-state index is 0.0725. The Morgan fingerprint density at radius 1 is 1.16 bits per heavy atom. The third-order valence-electron chi connectivity index (χ3n) is 5.02. The Labute approximate surface area is 146 Å². The zero-order valence-corrected chi connectivity index (χ0v) is 14.2. The topological polar surface area (TPSA) is 58.2 Å². The lowest BCUT2D eigenvalue weighted by atomic mass is 9.90. The number of nitrogens with one attached hydrogen (secondary N) is 1. The molecular weight excluding hydrogens is 314 g/mol. The predicted molar refractivity (Wildman–Crippen MR) is 97.0 cm³/mol. The molecule has 0 atom stereocenters. The fourth-order valence-corrected chi connectivity index (χ4v) is 3.57. The highest BCUT2D eigenvalue weighted by atomic mass is 16.5. The van der Waals surface area contributed by atoms with Gasteiger partial charge in [0, 0.05) is 36.4 Å². The van der Waals surface area contributed by atoms with Crippen molar-refractivity contribution in [2.75, 3.05) is 20.2 Å². The molecule has 4 rings (SSSR count). The normalized spacial score (nSPS) is 15.5. The van der Waals surface area contributed by atoms with Crippen LogP contribution in [0.15, 0.2) is 48.8 Å². The molecule has 1 saturated heterocycles. The van der Waals surface area contributed by atoms with Crippen LogP contribution in [0.1, 0.15) is 34.8 Å². The molecule has 2 aromatic heterocycles. The van der Waals surface area contributed by atoms with Gasteiger partial charge in [0.1, 0.15) is 11.4 Å². The highest BCUT2D eigenvalue weighted by molar-refractivity contribution is 5.98. The lowest BCUT2D eigenvalue weighted by Crippen LogP contribution is -2.38. The van der Waals surface area contributed by atoms with Gasteiger partial charge in [0.05, 0.1) is 7.11 Å². The zero-order valence-electron chi connectivity index (χ0n) is 14.2. The monoisotopic (exact) mass is 335 g/mol. The number of nitrogens with zero attached hydrogens (tertiary/aromatic N) is 2. The van der Waals surface area contributed by atoms with Crippen molar-refractivity contribution in [2.45, 2.75) is 18.8 Å². The van der Waals surface area contributed by atoms with Crippen LogP contribution >= 0.6 is 0 Å². The zero-order chi connectivity index (χ0) is 17.2. The van der Waals surface area contributed by atoms with E-state index in [1.807, 2.05) is 41.6 Å². The van der Waals surface area contributed by atoms with E-state index in [-0.39, 0.29) is 5.91 Å². The molecule has 5 nitrogen and oxygen atoms in total. The molecule has 1 fully saturated rings. The van der Waals surface area contributed by atoms with E-state index >= 15 is 0 Å². The summed E-state index contributed by atoms with van der Waals surface area (Å²) >= 11 is 0. The first kappa shape index (κ1) is 15.7. The fourth-order valence-electron chi connectivity index (χ4n) is 3.57. The Kier molecular flexibility index (Phi) is 4.14. The first-order valence-electron chi connectivity index (χ1n) is 8.60. The quantitative estimate of drug-likeness (QED) is 0.796. The number of hydrogen-bond acceptors (Lipinski definition) is 3. The van der Waals surface area contributed by atoms with Gasteiger partial charge < -0.3 is 14.6 Å². The van der Waals surface area contributed by atoms with Crippen molar-refractivity contribution in [1.82, 2.24) is 14.9 Å². The van der Waals surface area contributed by atoms with Gasteiger partial charge in [-0.15, -0.1) is 0 Å². The van der Waals surface area contributed by atoms with Crippen LogP contribution in [0, 0.1) is 0 Å². The molecule has 0 radical (unpaired) electrons. The molecular formula is C20H21N3O2. The predicted octanol–water partition coefficient (Wildman–Crippen LogP) is 3.59. The number of aromatic nitrogens is 2. The van der Waals surface area contributed by atoms with Crippen molar-refractivity contribution >= 4 is 16.8 Å². The van der Waals surface area contributed by atoms with Crippen LogP contribution in [-0.2, 0) is 0 Å². The molecule has 3 aromatic rings. The first-order chi connectivity index (χ1) is 12.2. The number of aromatic amines is 1. The second-order valence-electron chi connectivity index (χ2n) is 6.48. The summed E-state index contributed by atoms with van der Waals surface area (Å²) in [5, 5.41) is 0.995. The molecule has 0 spiro atoms. The molecule has 5 heteroatoms. The van der Waals surface area contributed by atoms with Gasteiger partial charge in [0.15, 0.2) is 0 Å². The number of hydrogen-bond donors (Lipinski definition) is 1. The van der Waals surface area contributed by atoms with Crippen molar-refractivity contribution < 1.29 is 9.53 Å². The molecule has 1 aliphatic heterocycles. The highest BCUT2D eigenvalue weighted by Crippen LogP contribution is 2.29. The second-order valence-corrected chi connectivity index (χ2v) is 6.48. The average Bonchev–Trinajstić information content (AvgIpc) is 3.11. The Hall–Kier alpha value is -2.82. The number of H-pyrrole nitrogens is 1. The molecule has 0 saturated carbocycles. The molecule has 1 N–H and O–H groups in total. The maximum atomic E-state index is 12.8. The van der Waals surface area contributed by atoms with Crippen molar-refractivity contribution in [1.29, 1.82) is 0 Å². The third kappa shape index (κ3) is 3.09. The van der Waals surface area contributed by atoms with Crippen LogP contribution in [0.5, 0.6) is 5.75 Å². The number of piperidine rings is 1. The van der Waals surface area contributed by atoms with E-state index in [0.717, 1.165) is 42.6 Å². The molecule has 1 aliphatic rings. The summed E-state index contributed by atoms with van der Waals surface area (Å²) in [4.78, 5) is 22.1. The smallest absolute Gasteiger partial charge is 0.270 e. The minimum absolute atomic E-state index is 0.0725. The van der Waals surface area contributed by atoms with E-state index in [1.165, 1.54) is 5.56 Å². The van der Waals surface area contributed by atoms with Crippen molar-refractivity contribution in [3.8, 4) is 5.75 Å². The number of carbonyl (C=O) groups excluding carboxylic acids is 1. The number of ether oxygens (including phenoxy) is 1. The van der Waals surface area contributed by atoms with E-state index in [2.05, 4.69) is 22.1 Å². The van der Waals surface area contributed by atoms with Crippen LogP contribution in [0.2, 0.25) is 0 Å². The third-order valence-corrected chi connectivity index (χ3v) is 5.02. The summed E-state index contributed by atoms with van der Waals surface area (Å²) in [6, 6.07) is 11.8. The number of likely N-dealkylation sites (tertiary alicyclic amines) is 1. The maximum Gasteiger partial charge on any atom is 0.270 e. The highest BCUT2D eigenvalue weighted by Gasteiger charge is 2.25. The number of benzene rings is 1. The molecule has 25 heavy (non-hydrogen) atoms. The number of carbonyl (C=O) groups is 1. The molecule has 0 bridgehead atoms. The van der Waals surface area contributed by atoms with Crippen LogP contribution in [0.3, 0.4) is 0 Å². The SMILES string of the molecule is COc1ccc2[nH]c(C(=O)N3CCC(c4ccncc4)CC3)cc2c1. The molecule has 0 aliphatic carbocycles. The van der Waals surface area contributed by atoms with Gasteiger partial charge in [-0.05, 0) is 60.7 Å². The Morgan fingerprint density at radius 3 is 2.64 bits per heavy atom. The second kappa shape index (κ2) is 6.59. The molecule has 3 heterocycles. The number of methoxy groups -OCH3 is 1. The minimum Gasteiger partial charge on any atom is -0.497 e. The summed E-state index contributed by atoms with van der Waals surface area (Å²) in [6.45, 7) is 1.56. The summed E-state index contributed by atoms with van der Waals surface area (Å²) < 4.78 is 5.25. The van der Waals surface area contributed by atoms with Crippen LogP contribution in [0.4, 0.5) is 0 Å². The van der Waals surface area contributed by atoms with Gasteiger partial charge in [-0.1, -0.05) is 0 Å². The summed E-state index contributed by atoms with van der Waals surface area (Å²) in [5.74, 6) is 1.38. The average molecular weight is 335 g/mol. The number of amides is 1. The van der Waals surface area contributed by atoms with Crippen molar-refractivity contribution in [3.63, 3.8) is 0 Å². The van der Waals surface area contributed by atoms with Crippen LogP contribution in [-0.4, -0.2) is 41.0 Å². The van der Waals surface area contributed by atoms with E-state index in [4.69, 9.17) is 4.74 Å². The van der Waals surface area contributed by atoms with E-state index in [9.17, 15) is 4.79 Å². The molecule has 128 valence electrons. The number of fused-ring (bicyclic) bond motifs is 1. The molecule has 1 amide bonds. The van der Waals surface area contributed by atoms with Gasteiger partial charge in [-0.25, -0.2) is 0 Å². The van der Waals surface area contributed by atoms with E-state index in [0.29, 0.717) is 11.6 Å². The standard InChI is InChI=1S/C20H21N3O2/c1-25-17-2-3-18-16(12-17)13-19(22-18)20(24)23-10-6-15(7-11-23)14-4-8-21-9-5-14/h2-5,8-9,12-13,15,22H,6-7,10-11H2,1H3. The van der Waals surface area contributed by atoms with E-state index in [1.54, 1.807) is 7.11 Å². The van der Waals surface area contributed by atoms with Crippen molar-refractivity contribution in [3.05, 3.63) is 60.0 Å². The lowest BCUT2D eigenvalue weighted by molar-refractivity contribution is 0.0708. The van der Waals surface area contributed by atoms with Crippen LogP contribution < -0.4 is 4.74 Å². The fraction of sp³-hybridized carbons (Fsp3) is 0.300. The molecule has 1 aromatic carbocycles. The van der Waals surface area contributed by atoms with Gasteiger partial charge in [-0.2, -0.15) is 0 Å². The summed E-state index contributed by atoms with van der Waals surface area (Å²) in [7, 11) is 1.65. The summed E-state index contributed by atoms with van der Waals surface area (Å²) in [6.07, 6.45) is 5.66. The Balaban J connectivity index is 1.47. The van der Waals surface area contributed by atoms with Gasteiger partial charge in [-0.3, -0.25) is 9.78 Å². The van der Waals surface area contributed by atoms with Crippen molar-refractivity contribution in [2.24, 2.45) is 0 Å². The lowest BCUT2D eigenvalue weighted by Gasteiger charge is -2.32. The Bertz CT molecular complexity index is 880. The van der Waals surface area contributed by atoms with E-state index < -0.39 is 0 Å². The number of rotatable bonds is 3. The largest absolute Gasteiger partial charge is 0.497 e. The van der Waals surface area contributed by atoms with Crippen LogP contribution in [0.25, 0.3) is 10.9 Å². The van der Waals surface area contributed by atoms with Gasteiger partial charge in [0.25, 0.3) is 5.91 Å². The first-order valence-corrected chi connectivity index (χ1v) is 8.60. The summed E-state index contributed by atoms with van der Waals surface area (Å²) in [5.41, 5.74) is 2.92.